The van der Waals surface area contributed by atoms with Crippen molar-refractivity contribution >= 4 is 22.5 Å². The van der Waals surface area contributed by atoms with Gasteiger partial charge in [0.05, 0.1) is 15.9 Å². The van der Waals surface area contributed by atoms with Gasteiger partial charge in [0.1, 0.15) is 11.6 Å². The minimum absolute atomic E-state index is 0.182. The van der Waals surface area contributed by atoms with Gasteiger partial charge >= 0.3 is 0 Å². The van der Waals surface area contributed by atoms with Crippen LogP contribution in [0.25, 0.3) is 39.2 Å². The molecule has 0 atom stereocenters. The standard InChI is InChI=1S/C26H19ClN4O/c27-20-13-14-24(29-16-20)31-25(30-23-8-4-3-7-22(23)26(31)32)18-11-9-17(10-12-18)21-6-2-1-5-19(21)15-28/h1-14,16H,15,28H2. The van der Waals surface area contributed by atoms with Gasteiger partial charge in [0.15, 0.2) is 0 Å². The Morgan fingerprint density at radius 1 is 0.844 bits per heavy atom. The third-order valence-electron chi connectivity index (χ3n) is 5.41. The monoisotopic (exact) mass is 438 g/mol. The van der Waals surface area contributed by atoms with Gasteiger partial charge in [0.2, 0.25) is 0 Å². The molecule has 156 valence electrons. The second-order valence-electron chi connectivity index (χ2n) is 7.37. The summed E-state index contributed by atoms with van der Waals surface area (Å²) in [5.74, 6) is 0.979. The maximum Gasteiger partial charge on any atom is 0.267 e. The van der Waals surface area contributed by atoms with E-state index in [-0.39, 0.29) is 5.56 Å². The fraction of sp³-hybridized carbons (Fsp3) is 0.0385. The van der Waals surface area contributed by atoms with Crippen LogP contribution in [0.1, 0.15) is 5.56 Å². The third kappa shape index (κ3) is 3.58. The van der Waals surface area contributed by atoms with Gasteiger partial charge in [0, 0.05) is 18.3 Å². The van der Waals surface area contributed by atoms with E-state index in [2.05, 4.69) is 11.1 Å². The zero-order valence-corrected chi connectivity index (χ0v) is 17.8. The Labute approximate surface area is 189 Å². The van der Waals surface area contributed by atoms with E-state index in [0.29, 0.717) is 34.1 Å². The summed E-state index contributed by atoms with van der Waals surface area (Å²) >= 11 is 6.02. The molecule has 5 rings (SSSR count). The summed E-state index contributed by atoms with van der Waals surface area (Å²) in [5.41, 5.74) is 10.4. The van der Waals surface area contributed by atoms with Gasteiger partial charge in [-0.3, -0.25) is 4.79 Å². The van der Waals surface area contributed by atoms with Crippen molar-refractivity contribution in [1.29, 1.82) is 0 Å². The number of aromatic nitrogens is 3. The predicted molar refractivity (Wildman–Crippen MR) is 129 cm³/mol. The van der Waals surface area contributed by atoms with Crippen LogP contribution < -0.4 is 11.3 Å². The van der Waals surface area contributed by atoms with Crippen LogP contribution in [0.2, 0.25) is 5.02 Å². The molecule has 0 aliphatic heterocycles. The second kappa shape index (κ2) is 8.38. The van der Waals surface area contributed by atoms with Crippen molar-refractivity contribution < 1.29 is 0 Å². The first-order valence-electron chi connectivity index (χ1n) is 10.2. The number of halogens is 1. The minimum Gasteiger partial charge on any atom is -0.326 e. The molecule has 2 heterocycles. The number of benzene rings is 3. The van der Waals surface area contributed by atoms with Gasteiger partial charge in [-0.15, -0.1) is 0 Å². The predicted octanol–water partition coefficient (Wildman–Crippen LogP) is 5.23. The highest BCUT2D eigenvalue weighted by Gasteiger charge is 2.15. The number of nitrogens with two attached hydrogens (primary N) is 1. The van der Waals surface area contributed by atoms with E-state index in [1.165, 1.54) is 10.8 Å². The molecular weight excluding hydrogens is 420 g/mol. The molecule has 32 heavy (non-hydrogen) atoms. The number of fused-ring (bicyclic) bond motifs is 1. The van der Waals surface area contributed by atoms with Crippen molar-refractivity contribution in [3.8, 4) is 28.3 Å². The summed E-state index contributed by atoms with van der Waals surface area (Å²) < 4.78 is 1.53. The van der Waals surface area contributed by atoms with Crippen molar-refractivity contribution in [3.63, 3.8) is 0 Å². The van der Waals surface area contributed by atoms with Crippen molar-refractivity contribution in [2.24, 2.45) is 5.73 Å². The van der Waals surface area contributed by atoms with Gasteiger partial charge in [-0.05, 0) is 41.0 Å². The van der Waals surface area contributed by atoms with Crippen LogP contribution in [-0.2, 0) is 6.54 Å². The molecular formula is C26H19ClN4O. The van der Waals surface area contributed by atoms with E-state index in [4.69, 9.17) is 22.3 Å². The Bertz CT molecular complexity index is 1480. The molecule has 5 nitrogen and oxygen atoms in total. The smallest absolute Gasteiger partial charge is 0.267 e. The summed E-state index contributed by atoms with van der Waals surface area (Å²) in [6.07, 6.45) is 1.52. The van der Waals surface area contributed by atoms with Crippen LogP contribution in [0.5, 0.6) is 0 Å². The zero-order chi connectivity index (χ0) is 22.1. The summed E-state index contributed by atoms with van der Waals surface area (Å²) in [6.45, 7) is 0.464. The molecule has 0 unspecified atom stereocenters. The number of hydrogen-bond acceptors (Lipinski definition) is 4. The lowest BCUT2D eigenvalue weighted by Crippen LogP contribution is -2.22. The number of para-hydroxylation sites is 1. The Balaban J connectivity index is 1.70. The van der Waals surface area contributed by atoms with Crippen LogP contribution in [0, 0.1) is 0 Å². The van der Waals surface area contributed by atoms with Crippen LogP contribution >= 0.6 is 11.6 Å². The Hall–Kier alpha value is -3.80. The van der Waals surface area contributed by atoms with Gasteiger partial charge in [-0.2, -0.15) is 0 Å². The van der Waals surface area contributed by atoms with E-state index in [1.54, 1.807) is 18.2 Å². The number of pyridine rings is 1. The Morgan fingerprint density at radius 2 is 1.56 bits per heavy atom. The molecule has 6 heteroatoms. The van der Waals surface area contributed by atoms with E-state index < -0.39 is 0 Å². The van der Waals surface area contributed by atoms with Gasteiger partial charge in [-0.1, -0.05) is 72.3 Å². The minimum atomic E-state index is -0.182. The third-order valence-corrected chi connectivity index (χ3v) is 5.63. The highest BCUT2D eigenvalue weighted by molar-refractivity contribution is 6.30. The summed E-state index contributed by atoms with van der Waals surface area (Å²) in [4.78, 5) is 22.6. The molecule has 2 aromatic heterocycles. The zero-order valence-electron chi connectivity index (χ0n) is 17.1. The van der Waals surface area contributed by atoms with Crippen LogP contribution in [0.4, 0.5) is 0 Å². The number of hydrogen-bond donors (Lipinski definition) is 1. The fourth-order valence-corrected chi connectivity index (χ4v) is 3.93. The summed E-state index contributed by atoms with van der Waals surface area (Å²) in [5, 5.41) is 1.03. The Morgan fingerprint density at radius 3 is 2.31 bits per heavy atom. The molecule has 0 radical (unpaired) electrons. The molecule has 0 saturated heterocycles. The molecule has 2 N–H and O–H groups in total. The summed E-state index contributed by atoms with van der Waals surface area (Å²) in [7, 11) is 0. The first-order valence-corrected chi connectivity index (χ1v) is 10.6. The van der Waals surface area contributed by atoms with Crippen LogP contribution in [0.15, 0.2) is 95.9 Å². The Kier molecular flexibility index (Phi) is 5.27. The molecule has 5 aromatic rings. The normalized spacial score (nSPS) is 11.1. The highest BCUT2D eigenvalue weighted by atomic mass is 35.5. The lowest BCUT2D eigenvalue weighted by Gasteiger charge is -2.14. The lowest BCUT2D eigenvalue weighted by molar-refractivity contribution is 0.932. The van der Waals surface area contributed by atoms with Gasteiger partial charge < -0.3 is 5.73 Å². The highest BCUT2D eigenvalue weighted by Crippen LogP contribution is 2.28. The lowest BCUT2D eigenvalue weighted by atomic mass is 9.98. The van der Waals surface area contributed by atoms with E-state index >= 15 is 0 Å². The SMILES string of the molecule is NCc1ccccc1-c1ccc(-c2nc3ccccc3c(=O)n2-c2ccc(Cl)cn2)cc1. The van der Waals surface area contributed by atoms with E-state index in [1.807, 2.05) is 60.7 Å². The van der Waals surface area contributed by atoms with Crippen molar-refractivity contribution in [2.75, 3.05) is 0 Å². The first kappa shape index (κ1) is 20.1. The van der Waals surface area contributed by atoms with Crippen LogP contribution in [-0.4, -0.2) is 14.5 Å². The molecule has 0 amide bonds. The number of rotatable bonds is 4. The van der Waals surface area contributed by atoms with Crippen LogP contribution in [0.3, 0.4) is 0 Å². The molecule has 0 fully saturated rings. The van der Waals surface area contributed by atoms with E-state index in [0.717, 1.165) is 22.3 Å². The first-order chi connectivity index (χ1) is 15.7. The van der Waals surface area contributed by atoms with E-state index in [9.17, 15) is 4.79 Å². The van der Waals surface area contributed by atoms with Crippen molar-refractivity contribution in [2.45, 2.75) is 6.54 Å². The fourth-order valence-electron chi connectivity index (χ4n) is 3.82. The molecule has 0 bridgehead atoms. The molecule has 0 spiro atoms. The molecule has 0 aliphatic carbocycles. The molecule has 3 aromatic carbocycles. The maximum atomic E-state index is 13.4. The summed E-state index contributed by atoms with van der Waals surface area (Å²) in [6, 6.07) is 26.8. The maximum absolute atomic E-state index is 13.4. The van der Waals surface area contributed by atoms with Gasteiger partial charge in [0.25, 0.3) is 5.56 Å². The average molecular weight is 439 g/mol. The quantitative estimate of drug-likeness (QED) is 0.417. The molecule has 0 aliphatic rings. The number of nitrogens with zero attached hydrogens (tertiary/aromatic N) is 3. The largest absolute Gasteiger partial charge is 0.326 e. The molecule has 0 saturated carbocycles. The topological polar surface area (TPSA) is 73.8 Å². The van der Waals surface area contributed by atoms with Crippen molar-refractivity contribution in [3.05, 3.63) is 112 Å². The van der Waals surface area contributed by atoms with Gasteiger partial charge in [-0.25, -0.2) is 14.5 Å². The average Bonchev–Trinajstić information content (AvgIpc) is 2.85. The van der Waals surface area contributed by atoms with Crippen molar-refractivity contribution in [1.82, 2.24) is 14.5 Å². The second-order valence-corrected chi connectivity index (χ2v) is 7.80.